The lowest BCUT2D eigenvalue weighted by Crippen LogP contribution is -2.19. The Kier molecular flexibility index (Phi) is 12.6. The zero-order chi connectivity index (χ0) is 11.4. The molecule has 0 aromatic heterocycles. The molecule has 15 heavy (non-hydrogen) atoms. The molecule has 1 N–H and O–H groups in total. The summed E-state index contributed by atoms with van der Waals surface area (Å²) < 4.78 is 5.26. The molecule has 0 aliphatic carbocycles. The van der Waals surface area contributed by atoms with Gasteiger partial charge in [0.25, 0.3) is 0 Å². The van der Waals surface area contributed by atoms with Crippen LogP contribution in [0.25, 0.3) is 0 Å². The highest BCUT2D eigenvalue weighted by Gasteiger charge is 1.94. The molecule has 0 saturated carbocycles. The minimum atomic E-state index is 0.838. The lowest BCUT2D eigenvalue weighted by Gasteiger charge is -2.06. The molecule has 2 nitrogen and oxygen atoms in total. The van der Waals surface area contributed by atoms with E-state index in [0.29, 0.717) is 0 Å². The van der Waals surface area contributed by atoms with Gasteiger partial charge in [-0.2, -0.15) is 11.8 Å². The largest absolute Gasteiger partial charge is 0.382 e. The molecule has 0 unspecified atom stereocenters. The first kappa shape index (κ1) is 15.3. The summed E-state index contributed by atoms with van der Waals surface area (Å²) in [6, 6.07) is 0. The highest BCUT2D eigenvalue weighted by Crippen LogP contribution is 2.07. The fourth-order valence-corrected chi connectivity index (χ4v) is 2.26. The quantitative estimate of drug-likeness (QED) is 0.555. The van der Waals surface area contributed by atoms with Crippen LogP contribution in [0.1, 0.15) is 33.6 Å². The van der Waals surface area contributed by atoms with E-state index in [1.807, 2.05) is 6.92 Å². The Balaban J connectivity index is 2.87. The van der Waals surface area contributed by atoms with Crippen LogP contribution in [0.2, 0.25) is 0 Å². The summed E-state index contributed by atoms with van der Waals surface area (Å²) in [7, 11) is 0. The first-order valence-corrected chi connectivity index (χ1v) is 7.29. The van der Waals surface area contributed by atoms with Gasteiger partial charge in [-0.15, -0.1) is 0 Å². The Morgan fingerprint density at radius 1 is 1.20 bits per heavy atom. The van der Waals surface area contributed by atoms with Crippen molar-refractivity contribution in [2.24, 2.45) is 5.92 Å². The smallest absolute Gasteiger partial charge is 0.0477 e. The van der Waals surface area contributed by atoms with Gasteiger partial charge in [-0.1, -0.05) is 13.8 Å². The van der Waals surface area contributed by atoms with Gasteiger partial charge < -0.3 is 10.1 Å². The van der Waals surface area contributed by atoms with E-state index in [0.717, 1.165) is 38.6 Å². The third kappa shape index (κ3) is 14.3. The average Bonchev–Trinajstić information content (AvgIpc) is 2.20. The number of nitrogens with one attached hydrogen (secondary N) is 1. The van der Waals surface area contributed by atoms with Gasteiger partial charge in [0, 0.05) is 25.5 Å². The standard InChI is InChI=1S/C12H27NOS/c1-4-14-9-5-7-13-8-11-15-10-6-12(2)3/h12-13H,4-11H2,1-3H3. The Labute approximate surface area is 99.5 Å². The van der Waals surface area contributed by atoms with Crippen LogP contribution in [-0.4, -0.2) is 37.8 Å². The van der Waals surface area contributed by atoms with Crippen molar-refractivity contribution in [3.63, 3.8) is 0 Å². The van der Waals surface area contributed by atoms with Crippen LogP contribution >= 0.6 is 11.8 Å². The van der Waals surface area contributed by atoms with Crippen molar-refractivity contribution >= 4 is 11.8 Å². The predicted octanol–water partition coefficient (Wildman–Crippen LogP) is 2.78. The van der Waals surface area contributed by atoms with Gasteiger partial charge in [0.2, 0.25) is 0 Å². The van der Waals surface area contributed by atoms with Crippen molar-refractivity contribution in [3.05, 3.63) is 0 Å². The minimum Gasteiger partial charge on any atom is -0.382 e. The van der Waals surface area contributed by atoms with Crippen molar-refractivity contribution in [1.29, 1.82) is 0 Å². The molecule has 0 saturated heterocycles. The number of hydrogen-bond donors (Lipinski definition) is 1. The fourth-order valence-electron chi connectivity index (χ4n) is 1.13. The molecule has 0 radical (unpaired) electrons. The molecule has 92 valence electrons. The molecular weight excluding hydrogens is 206 g/mol. The lowest BCUT2D eigenvalue weighted by atomic mass is 10.2. The van der Waals surface area contributed by atoms with Gasteiger partial charge in [0.1, 0.15) is 0 Å². The Hall–Kier alpha value is 0.270. The maximum atomic E-state index is 5.26. The first-order valence-electron chi connectivity index (χ1n) is 6.13. The van der Waals surface area contributed by atoms with Gasteiger partial charge in [-0.25, -0.2) is 0 Å². The van der Waals surface area contributed by atoms with Crippen LogP contribution < -0.4 is 5.32 Å². The van der Waals surface area contributed by atoms with E-state index < -0.39 is 0 Å². The Morgan fingerprint density at radius 3 is 2.67 bits per heavy atom. The summed E-state index contributed by atoms with van der Waals surface area (Å²) in [5.41, 5.74) is 0. The molecule has 0 spiro atoms. The van der Waals surface area contributed by atoms with E-state index in [4.69, 9.17) is 4.74 Å². The zero-order valence-corrected chi connectivity index (χ0v) is 11.4. The monoisotopic (exact) mass is 233 g/mol. The van der Waals surface area contributed by atoms with Crippen LogP contribution in [0, 0.1) is 5.92 Å². The SMILES string of the molecule is CCOCCCNCCSCCC(C)C. The molecule has 0 aliphatic heterocycles. The molecule has 0 heterocycles. The van der Waals surface area contributed by atoms with Crippen molar-refractivity contribution in [1.82, 2.24) is 5.32 Å². The highest BCUT2D eigenvalue weighted by molar-refractivity contribution is 7.99. The summed E-state index contributed by atoms with van der Waals surface area (Å²) >= 11 is 2.06. The summed E-state index contributed by atoms with van der Waals surface area (Å²) in [6.45, 7) is 10.6. The molecule has 0 fully saturated rings. The maximum absolute atomic E-state index is 5.26. The topological polar surface area (TPSA) is 21.3 Å². The molecular formula is C12H27NOS. The van der Waals surface area contributed by atoms with E-state index in [1.54, 1.807) is 0 Å². The van der Waals surface area contributed by atoms with Gasteiger partial charge in [0.05, 0.1) is 0 Å². The third-order valence-electron chi connectivity index (χ3n) is 2.11. The van der Waals surface area contributed by atoms with Gasteiger partial charge >= 0.3 is 0 Å². The maximum Gasteiger partial charge on any atom is 0.0477 e. The van der Waals surface area contributed by atoms with Crippen LogP contribution in [0.5, 0.6) is 0 Å². The average molecular weight is 233 g/mol. The van der Waals surface area contributed by atoms with E-state index in [-0.39, 0.29) is 0 Å². The van der Waals surface area contributed by atoms with Crippen LogP contribution in [0.15, 0.2) is 0 Å². The van der Waals surface area contributed by atoms with E-state index >= 15 is 0 Å². The summed E-state index contributed by atoms with van der Waals surface area (Å²) in [6.07, 6.45) is 2.47. The van der Waals surface area contributed by atoms with Crippen molar-refractivity contribution < 1.29 is 4.74 Å². The van der Waals surface area contributed by atoms with Crippen molar-refractivity contribution in [2.45, 2.75) is 33.6 Å². The highest BCUT2D eigenvalue weighted by atomic mass is 32.2. The summed E-state index contributed by atoms with van der Waals surface area (Å²) in [4.78, 5) is 0. The van der Waals surface area contributed by atoms with E-state index in [2.05, 4.69) is 30.9 Å². The zero-order valence-electron chi connectivity index (χ0n) is 10.6. The van der Waals surface area contributed by atoms with Crippen LogP contribution in [-0.2, 0) is 4.74 Å². The van der Waals surface area contributed by atoms with Crippen LogP contribution in [0.4, 0.5) is 0 Å². The van der Waals surface area contributed by atoms with Crippen molar-refractivity contribution in [2.75, 3.05) is 37.8 Å². The number of rotatable bonds is 11. The van der Waals surface area contributed by atoms with Gasteiger partial charge in [-0.05, 0) is 38.0 Å². The molecule has 0 rings (SSSR count). The fraction of sp³-hybridized carbons (Fsp3) is 1.00. The second-order valence-corrected chi connectivity index (χ2v) is 5.32. The molecule has 0 aromatic rings. The minimum absolute atomic E-state index is 0.838. The number of ether oxygens (including phenoxy) is 1. The molecule has 3 heteroatoms. The molecule has 0 aromatic carbocycles. The number of hydrogen-bond acceptors (Lipinski definition) is 3. The van der Waals surface area contributed by atoms with Crippen LogP contribution in [0.3, 0.4) is 0 Å². The molecule has 0 bridgehead atoms. The van der Waals surface area contributed by atoms with E-state index in [9.17, 15) is 0 Å². The van der Waals surface area contributed by atoms with Gasteiger partial charge in [0.15, 0.2) is 0 Å². The second-order valence-electron chi connectivity index (χ2n) is 4.10. The lowest BCUT2D eigenvalue weighted by molar-refractivity contribution is 0.145. The van der Waals surface area contributed by atoms with E-state index in [1.165, 1.54) is 17.9 Å². The predicted molar refractivity (Wildman–Crippen MR) is 70.8 cm³/mol. The van der Waals surface area contributed by atoms with Gasteiger partial charge in [-0.3, -0.25) is 0 Å². The summed E-state index contributed by atoms with van der Waals surface area (Å²) in [5, 5.41) is 3.43. The molecule has 0 aliphatic rings. The second kappa shape index (κ2) is 12.3. The normalized spacial score (nSPS) is 11.2. The van der Waals surface area contributed by atoms with Crippen molar-refractivity contribution in [3.8, 4) is 0 Å². The summed E-state index contributed by atoms with van der Waals surface area (Å²) in [5.74, 6) is 3.39. The Morgan fingerprint density at radius 2 is 2.00 bits per heavy atom. The first-order chi connectivity index (χ1) is 7.27. The Bertz CT molecular complexity index is 120. The third-order valence-corrected chi connectivity index (χ3v) is 3.13. The molecule has 0 atom stereocenters. The molecule has 0 amide bonds. The number of thioether (sulfide) groups is 1.